The van der Waals surface area contributed by atoms with Gasteiger partial charge in [0.25, 0.3) is 0 Å². The molecular formula is C14H17F3N2O2. The number of nitrogens with one attached hydrogen (secondary N) is 2. The van der Waals surface area contributed by atoms with Gasteiger partial charge < -0.3 is 10.1 Å². The van der Waals surface area contributed by atoms with Gasteiger partial charge in [0, 0.05) is 11.3 Å². The Kier molecular flexibility index (Phi) is 4.65. The maximum atomic E-state index is 12.7. The van der Waals surface area contributed by atoms with Crippen molar-refractivity contribution >= 4 is 17.5 Å². The highest BCUT2D eigenvalue weighted by Crippen LogP contribution is 2.32. The van der Waals surface area contributed by atoms with Gasteiger partial charge in [0.05, 0.1) is 11.3 Å². The lowest BCUT2D eigenvalue weighted by Crippen LogP contribution is -2.27. The Balaban J connectivity index is 3.08. The number of anilines is 1. The fourth-order valence-corrected chi connectivity index (χ4v) is 1.55. The largest absolute Gasteiger partial charge is 0.444 e. The number of halogens is 3. The fourth-order valence-electron chi connectivity index (χ4n) is 1.55. The van der Waals surface area contributed by atoms with Crippen LogP contribution in [0.3, 0.4) is 0 Å². The van der Waals surface area contributed by atoms with Crippen LogP contribution in [0.2, 0.25) is 0 Å². The first kappa shape index (κ1) is 17.0. The SMILES string of the molecule is CC(=N)c1cc(C(F)(F)F)ccc1NC(=O)OC(C)(C)C. The summed E-state index contributed by atoms with van der Waals surface area (Å²) in [4.78, 5) is 11.7. The van der Waals surface area contributed by atoms with Gasteiger partial charge in [-0.3, -0.25) is 5.32 Å². The first-order valence-corrected chi connectivity index (χ1v) is 6.17. The van der Waals surface area contributed by atoms with Crippen LogP contribution in [0, 0.1) is 5.41 Å². The molecule has 2 N–H and O–H groups in total. The third-order valence-corrected chi connectivity index (χ3v) is 2.39. The zero-order valence-electron chi connectivity index (χ0n) is 12.2. The Morgan fingerprint density at radius 1 is 1.24 bits per heavy atom. The van der Waals surface area contributed by atoms with Crippen LogP contribution in [0.25, 0.3) is 0 Å². The normalized spacial score (nSPS) is 12.0. The van der Waals surface area contributed by atoms with Crippen LogP contribution in [-0.4, -0.2) is 17.4 Å². The molecule has 0 aliphatic rings. The molecule has 0 heterocycles. The number of hydrogen-bond donors (Lipinski definition) is 2. The van der Waals surface area contributed by atoms with Gasteiger partial charge in [-0.2, -0.15) is 13.2 Å². The van der Waals surface area contributed by atoms with Crippen LogP contribution in [0.4, 0.5) is 23.7 Å². The second kappa shape index (κ2) is 5.75. The van der Waals surface area contributed by atoms with Crippen LogP contribution in [0.15, 0.2) is 18.2 Å². The highest BCUT2D eigenvalue weighted by molar-refractivity contribution is 6.04. The van der Waals surface area contributed by atoms with Crippen molar-refractivity contribution in [3.8, 4) is 0 Å². The second-order valence-electron chi connectivity index (χ2n) is 5.51. The zero-order chi connectivity index (χ0) is 16.4. The maximum absolute atomic E-state index is 12.7. The highest BCUT2D eigenvalue weighted by Gasteiger charge is 2.31. The van der Waals surface area contributed by atoms with Gasteiger partial charge in [0.2, 0.25) is 0 Å². The number of alkyl halides is 3. The van der Waals surface area contributed by atoms with Crippen molar-refractivity contribution in [2.24, 2.45) is 0 Å². The molecule has 0 aliphatic carbocycles. The summed E-state index contributed by atoms with van der Waals surface area (Å²) in [7, 11) is 0. The van der Waals surface area contributed by atoms with Crippen LogP contribution < -0.4 is 5.32 Å². The van der Waals surface area contributed by atoms with Gasteiger partial charge in [-0.1, -0.05) is 0 Å². The predicted molar refractivity (Wildman–Crippen MR) is 73.8 cm³/mol. The molecule has 0 fully saturated rings. The average Bonchev–Trinajstić information content (AvgIpc) is 2.24. The van der Waals surface area contributed by atoms with E-state index in [1.54, 1.807) is 20.8 Å². The number of benzene rings is 1. The van der Waals surface area contributed by atoms with Gasteiger partial charge in [-0.25, -0.2) is 4.79 Å². The monoisotopic (exact) mass is 302 g/mol. The van der Waals surface area contributed by atoms with Crippen molar-refractivity contribution in [2.45, 2.75) is 39.5 Å². The fraction of sp³-hybridized carbons (Fsp3) is 0.429. The zero-order valence-corrected chi connectivity index (χ0v) is 12.2. The van der Waals surface area contributed by atoms with E-state index in [-0.39, 0.29) is 17.0 Å². The number of rotatable bonds is 2. The van der Waals surface area contributed by atoms with Crippen molar-refractivity contribution in [2.75, 3.05) is 5.32 Å². The van der Waals surface area contributed by atoms with Gasteiger partial charge in [-0.15, -0.1) is 0 Å². The van der Waals surface area contributed by atoms with Crippen LogP contribution >= 0.6 is 0 Å². The Morgan fingerprint density at radius 3 is 2.24 bits per heavy atom. The van der Waals surface area contributed by atoms with Gasteiger partial charge in [0.15, 0.2) is 0 Å². The molecule has 0 aliphatic heterocycles. The minimum Gasteiger partial charge on any atom is -0.444 e. The Bertz CT molecular complexity index is 560. The third kappa shape index (κ3) is 5.09. The number of carbonyl (C=O) groups excluding carboxylic acids is 1. The molecule has 0 spiro atoms. The molecule has 0 saturated heterocycles. The Hall–Kier alpha value is -2.05. The topological polar surface area (TPSA) is 62.2 Å². The third-order valence-electron chi connectivity index (χ3n) is 2.39. The minimum absolute atomic E-state index is 0.00400. The standard InChI is InChI=1S/C14H17F3N2O2/c1-8(18)10-7-9(14(15,16)17)5-6-11(10)19-12(20)21-13(2,3)4/h5-7,18H,1-4H3,(H,19,20). The summed E-state index contributed by atoms with van der Waals surface area (Å²) in [5.41, 5.74) is -1.60. The first-order chi connectivity index (χ1) is 9.40. The summed E-state index contributed by atoms with van der Waals surface area (Å²) >= 11 is 0. The van der Waals surface area contributed by atoms with Crippen LogP contribution in [0.5, 0.6) is 0 Å². The van der Waals surface area contributed by atoms with E-state index in [9.17, 15) is 18.0 Å². The molecule has 0 aromatic heterocycles. The van der Waals surface area contributed by atoms with Crippen molar-refractivity contribution in [1.29, 1.82) is 5.41 Å². The molecule has 0 bridgehead atoms. The smallest absolute Gasteiger partial charge is 0.416 e. The molecule has 0 unspecified atom stereocenters. The van der Waals surface area contributed by atoms with E-state index in [0.717, 1.165) is 18.2 Å². The summed E-state index contributed by atoms with van der Waals surface area (Å²) in [5.74, 6) is 0. The summed E-state index contributed by atoms with van der Waals surface area (Å²) in [6.07, 6.45) is -5.29. The summed E-state index contributed by atoms with van der Waals surface area (Å²) < 4.78 is 43.0. The first-order valence-electron chi connectivity index (χ1n) is 6.17. The Morgan fingerprint density at radius 2 is 1.81 bits per heavy atom. The molecule has 1 amide bonds. The van der Waals surface area contributed by atoms with E-state index in [1.807, 2.05) is 0 Å². The van der Waals surface area contributed by atoms with Crippen molar-refractivity contribution < 1.29 is 22.7 Å². The molecule has 1 aromatic carbocycles. The van der Waals surface area contributed by atoms with Gasteiger partial charge in [0.1, 0.15) is 5.60 Å². The molecule has 21 heavy (non-hydrogen) atoms. The molecule has 0 atom stereocenters. The van der Waals surface area contributed by atoms with E-state index >= 15 is 0 Å². The molecule has 7 heteroatoms. The summed E-state index contributed by atoms with van der Waals surface area (Å²) in [6.45, 7) is 6.35. The van der Waals surface area contributed by atoms with E-state index in [2.05, 4.69) is 5.32 Å². The number of carbonyl (C=O) groups is 1. The van der Waals surface area contributed by atoms with E-state index < -0.39 is 23.4 Å². The lowest BCUT2D eigenvalue weighted by molar-refractivity contribution is -0.137. The highest BCUT2D eigenvalue weighted by atomic mass is 19.4. The van der Waals surface area contributed by atoms with Crippen LogP contribution in [-0.2, 0) is 10.9 Å². The Labute approximate surface area is 120 Å². The number of amides is 1. The quantitative estimate of drug-likeness (QED) is 0.793. The molecule has 0 radical (unpaired) electrons. The number of hydrogen-bond acceptors (Lipinski definition) is 3. The molecule has 0 saturated carbocycles. The molecule has 4 nitrogen and oxygen atoms in total. The van der Waals surface area contributed by atoms with Crippen molar-refractivity contribution in [3.05, 3.63) is 29.3 Å². The predicted octanol–water partition coefficient (Wildman–Crippen LogP) is 4.44. The molecule has 1 rings (SSSR count). The van der Waals surface area contributed by atoms with Crippen LogP contribution in [0.1, 0.15) is 38.8 Å². The lowest BCUT2D eigenvalue weighted by Gasteiger charge is -2.20. The van der Waals surface area contributed by atoms with E-state index in [1.165, 1.54) is 6.92 Å². The lowest BCUT2D eigenvalue weighted by atomic mass is 10.0. The summed E-state index contributed by atoms with van der Waals surface area (Å²) in [5, 5.41) is 9.90. The second-order valence-corrected chi connectivity index (χ2v) is 5.51. The van der Waals surface area contributed by atoms with E-state index in [0.29, 0.717) is 0 Å². The molecule has 116 valence electrons. The average molecular weight is 302 g/mol. The minimum atomic E-state index is -4.51. The van der Waals surface area contributed by atoms with Gasteiger partial charge >= 0.3 is 12.3 Å². The van der Waals surface area contributed by atoms with Gasteiger partial charge in [-0.05, 0) is 45.9 Å². The number of ether oxygens (including phenoxy) is 1. The van der Waals surface area contributed by atoms with Crippen molar-refractivity contribution in [1.82, 2.24) is 0 Å². The maximum Gasteiger partial charge on any atom is 0.416 e. The summed E-state index contributed by atoms with van der Waals surface area (Å²) in [6, 6.07) is 2.79. The van der Waals surface area contributed by atoms with Crippen molar-refractivity contribution in [3.63, 3.8) is 0 Å². The van der Waals surface area contributed by atoms with E-state index in [4.69, 9.17) is 10.1 Å². The molecular weight excluding hydrogens is 285 g/mol. The molecule has 1 aromatic rings.